The summed E-state index contributed by atoms with van der Waals surface area (Å²) in [4.78, 5) is 62.7. The van der Waals surface area contributed by atoms with Crippen molar-refractivity contribution >= 4 is 29.6 Å². The van der Waals surface area contributed by atoms with E-state index in [4.69, 9.17) is 9.15 Å². The van der Waals surface area contributed by atoms with Crippen LogP contribution in [-0.4, -0.2) is 47.7 Å². The maximum atomic E-state index is 12.7. The minimum absolute atomic E-state index is 0.0000892. The highest BCUT2D eigenvalue weighted by Crippen LogP contribution is 2.26. The third-order valence-corrected chi connectivity index (χ3v) is 5.03. The van der Waals surface area contributed by atoms with Crippen LogP contribution < -0.4 is 10.1 Å². The molecule has 1 aromatic heterocycles. The first kappa shape index (κ1) is 24.3. The van der Waals surface area contributed by atoms with Crippen LogP contribution in [0.2, 0.25) is 0 Å². The van der Waals surface area contributed by atoms with E-state index in [-0.39, 0.29) is 34.5 Å². The lowest BCUT2D eigenvalue weighted by atomic mass is 10.1. The van der Waals surface area contributed by atoms with Gasteiger partial charge >= 0.3 is 12.6 Å². The van der Waals surface area contributed by atoms with Gasteiger partial charge in [0.25, 0.3) is 23.6 Å². The predicted octanol–water partition coefficient (Wildman–Crippen LogP) is 2.79. The third-order valence-electron chi connectivity index (χ3n) is 5.03. The number of carbonyl (C=O) groups excluding carboxylic acids is 5. The molecule has 4 amide bonds. The van der Waals surface area contributed by atoms with E-state index < -0.39 is 42.8 Å². The van der Waals surface area contributed by atoms with Gasteiger partial charge in [0.15, 0.2) is 6.61 Å². The van der Waals surface area contributed by atoms with E-state index in [0.29, 0.717) is 5.76 Å². The fourth-order valence-corrected chi connectivity index (χ4v) is 3.36. The number of ether oxygens (including phenoxy) is 2. The fraction of sp³-hybridized carbons (Fsp3) is 0.125. The second kappa shape index (κ2) is 10.2. The molecule has 1 aliphatic rings. The molecule has 2 aromatic carbocycles. The van der Waals surface area contributed by atoms with Crippen molar-refractivity contribution < 1.29 is 46.6 Å². The van der Waals surface area contributed by atoms with E-state index in [0.717, 1.165) is 17.0 Å². The van der Waals surface area contributed by atoms with Gasteiger partial charge in [0.05, 0.1) is 29.5 Å². The largest absolute Gasteiger partial charge is 0.467 e. The zero-order chi connectivity index (χ0) is 25.8. The molecule has 0 fully saturated rings. The number of hydrogen-bond donors (Lipinski definition) is 1. The van der Waals surface area contributed by atoms with Crippen molar-refractivity contribution in [3.05, 3.63) is 88.9 Å². The molecular weight excluding hydrogens is 482 g/mol. The van der Waals surface area contributed by atoms with Crippen molar-refractivity contribution in [2.45, 2.75) is 13.2 Å². The minimum Gasteiger partial charge on any atom is -0.467 e. The number of hydrogen-bond acceptors (Lipinski definition) is 8. The quantitative estimate of drug-likeness (QED) is 0.370. The van der Waals surface area contributed by atoms with E-state index >= 15 is 0 Å². The van der Waals surface area contributed by atoms with Crippen molar-refractivity contribution in [2.75, 3.05) is 6.61 Å². The van der Waals surface area contributed by atoms with Gasteiger partial charge in [-0.15, -0.1) is 0 Å². The number of nitrogens with one attached hydrogen (secondary N) is 1. The Morgan fingerprint density at radius 1 is 0.944 bits per heavy atom. The van der Waals surface area contributed by atoms with Crippen LogP contribution in [0.3, 0.4) is 0 Å². The van der Waals surface area contributed by atoms with Crippen LogP contribution >= 0.6 is 0 Å². The molecule has 4 rings (SSSR count). The molecule has 0 atom stereocenters. The number of imide groups is 2. The third kappa shape index (κ3) is 5.27. The molecule has 2 heterocycles. The lowest BCUT2D eigenvalue weighted by Crippen LogP contribution is -2.34. The van der Waals surface area contributed by atoms with E-state index in [9.17, 15) is 32.8 Å². The number of halogens is 2. The Balaban J connectivity index is 1.33. The van der Waals surface area contributed by atoms with E-state index in [1.807, 2.05) is 5.32 Å². The molecule has 0 aliphatic carbocycles. The normalized spacial score (nSPS) is 12.5. The number of fused-ring (bicyclic) bond motifs is 1. The van der Waals surface area contributed by atoms with Gasteiger partial charge in [0.2, 0.25) is 0 Å². The van der Waals surface area contributed by atoms with Gasteiger partial charge in [-0.1, -0.05) is 0 Å². The van der Waals surface area contributed by atoms with Gasteiger partial charge in [-0.3, -0.25) is 29.4 Å². The number of benzene rings is 2. The van der Waals surface area contributed by atoms with Gasteiger partial charge in [0, 0.05) is 5.56 Å². The van der Waals surface area contributed by atoms with Crippen LogP contribution in [0.5, 0.6) is 5.75 Å². The van der Waals surface area contributed by atoms with E-state index in [2.05, 4.69) is 4.74 Å². The summed E-state index contributed by atoms with van der Waals surface area (Å²) in [6.07, 6.45) is 1.41. The molecule has 12 heteroatoms. The summed E-state index contributed by atoms with van der Waals surface area (Å²) >= 11 is 0. The number of rotatable bonds is 8. The Bertz CT molecular complexity index is 1340. The second-order valence-corrected chi connectivity index (χ2v) is 7.39. The average molecular weight is 498 g/mol. The molecule has 10 nitrogen and oxygen atoms in total. The molecule has 184 valence electrons. The van der Waals surface area contributed by atoms with Crippen LogP contribution in [0, 0.1) is 0 Å². The highest BCUT2D eigenvalue weighted by Gasteiger charge is 2.36. The van der Waals surface area contributed by atoms with Crippen LogP contribution in [0.15, 0.2) is 65.3 Å². The first-order valence-corrected chi connectivity index (χ1v) is 10.3. The standard InChI is InChI=1S/C24H16F2N2O8/c25-24(26)36-15-6-3-13(4-7-15)20(30)27-19(29)12-35-23(33)14-5-8-17-18(10-14)22(32)28(21(17)31)11-16-2-1-9-34-16/h1-10,24H,11-12H2,(H,27,29,30). The molecular formula is C24H16F2N2O8. The van der Waals surface area contributed by atoms with Gasteiger partial charge in [-0.05, 0) is 54.6 Å². The fourth-order valence-electron chi connectivity index (χ4n) is 3.36. The van der Waals surface area contributed by atoms with Crippen molar-refractivity contribution in [1.29, 1.82) is 0 Å². The molecule has 3 aromatic rings. The molecule has 0 saturated carbocycles. The number of esters is 1. The maximum Gasteiger partial charge on any atom is 0.387 e. The Labute approximate surface area is 201 Å². The van der Waals surface area contributed by atoms with Gasteiger partial charge in [-0.25, -0.2) is 4.79 Å². The van der Waals surface area contributed by atoms with Crippen molar-refractivity contribution in [3.8, 4) is 5.75 Å². The Hall–Kier alpha value is -4.87. The molecule has 0 radical (unpaired) electrons. The van der Waals surface area contributed by atoms with E-state index in [1.165, 1.54) is 36.6 Å². The molecule has 0 unspecified atom stereocenters. The number of amides is 4. The van der Waals surface area contributed by atoms with Gasteiger partial charge in [-0.2, -0.15) is 8.78 Å². The summed E-state index contributed by atoms with van der Waals surface area (Å²) in [5, 5.41) is 1.99. The van der Waals surface area contributed by atoms with Crippen LogP contribution in [0.25, 0.3) is 0 Å². The summed E-state index contributed by atoms with van der Waals surface area (Å²) in [7, 11) is 0. The summed E-state index contributed by atoms with van der Waals surface area (Å²) in [6.45, 7) is -3.91. The van der Waals surface area contributed by atoms with Crippen LogP contribution in [-0.2, 0) is 16.1 Å². The first-order chi connectivity index (χ1) is 17.2. The van der Waals surface area contributed by atoms with Gasteiger partial charge in [0.1, 0.15) is 11.5 Å². The first-order valence-electron chi connectivity index (χ1n) is 10.3. The molecule has 1 N–H and O–H groups in total. The number of nitrogens with zero attached hydrogens (tertiary/aromatic N) is 1. The summed E-state index contributed by atoms with van der Waals surface area (Å²) < 4.78 is 38.6. The summed E-state index contributed by atoms with van der Waals surface area (Å²) in [5.41, 5.74) is 0.0111. The Kier molecular flexibility index (Phi) is 6.86. The zero-order valence-corrected chi connectivity index (χ0v) is 18.2. The number of alkyl halides is 2. The topological polar surface area (TPSA) is 132 Å². The second-order valence-electron chi connectivity index (χ2n) is 7.39. The lowest BCUT2D eigenvalue weighted by molar-refractivity contribution is -0.123. The van der Waals surface area contributed by atoms with E-state index in [1.54, 1.807) is 12.1 Å². The SMILES string of the molecule is O=C(COC(=O)c1ccc2c(c1)C(=O)N(Cc1ccco1)C2=O)NC(=O)c1ccc(OC(F)F)cc1. The molecule has 0 bridgehead atoms. The summed E-state index contributed by atoms with van der Waals surface area (Å²) in [5.74, 6) is -3.68. The smallest absolute Gasteiger partial charge is 0.387 e. The zero-order valence-electron chi connectivity index (χ0n) is 18.2. The lowest BCUT2D eigenvalue weighted by Gasteiger charge is -2.11. The average Bonchev–Trinajstić information content (AvgIpc) is 3.45. The molecule has 36 heavy (non-hydrogen) atoms. The van der Waals surface area contributed by atoms with Crippen molar-refractivity contribution in [3.63, 3.8) is 0 Å². The highest BCUT2D eigenvalue weighted by molar-refractivity contribution is 6.21. The monoisotopic (exact) mass is 498 g/mol. The van der Waals surface area contributed by atoms with Crippen molar-refractivity contribution in [1.82, 2.24) is 10.2 Å². The molecule has 1 aliphatic heterocycles. The van der Waals surface area contributed by atoms with Gasteiger partial charge < -0.3 is 13.9 Å². The Morgan fingerprint density at radius 2 is 1.64 bits per heavy atom. The van der Waals surface area contributed by atoms with Crippen LogP contribution in [0.1, 0.15) is 47.2 Å². The molecule has 0 saturated heterocycles. The predicted molar refractivity (Wildman–Crippen MR) is 115 cm³/mol. The highest BCUT2D eigenvalue weighted by atomic mass is 19.3. The maximum absolute atomic E-state index is 12.7. The summed E-state index contributed by atoms with van der Waals surface area (Å²) in [6, 6.07) is 11.6. The molecule has 0 spiro atoms. The minimum atomic E-state index is -3.02. The number of carbonyl (C=O) groups is 5. The van der Waals surface area contributed by atoms with Crippen LogP contribution in [0.4, 0.5) is 8.78 Å². The van der Waals surface area contributed by atoms with Crippen molar-refractivity contribution in [2.24, 2.45) is 0 Å². The number of furan rings is 1. The Morgan fingerprint density at radius 3 is 2.31 bits per heavy atom.